The molecule has 4 rings (SSSR count). The first-order valence-corrected chi connectivity index (χ1v) is 9.00. The van der Waals surface area contributed by atoms with Crippen LogP contribution in [0, 0.1) is 17.8 Å². The summed E-state index contributed by atoms with van der Waals surface area (Å²) in [6.45, 7) is 1.03. The lowest BCUT2D eigenvalue weighted by Crippen LogP contribution is -2.19. The van der Waals surface area contributed by atoms with Gasteiger partial charge in [-0.2, -0.15) is 0 Å². The lowest BCUT2D eigenvalue weighted by Gasteiger charge is -2.16. The van der Waals surface area contributed by atoms with Crippen LogP contribution in [0.1, 0.15) is 55.0 Å². The zero-order chi connectivity index (χ0) is 14.4. The number of fused-ring (bicyclic) bond motifs is 1. The standard InChI is InChI=1S/C16H22N2O2S/c19-15(20)11-2-1-3-13-14(11)18-16(21-13)17-8-12(9-4-5-9)10-6-7-10/h9-12H,1-8H2,(H,17,18)(H,19,20). The number of nitrogens with zero attached hydrogens (tertiary/aromatic N) is 1. The van der Waals surface area contributed by atoms with Crippen molar-refractivity contribution in [1.29, 1.82) is 0 Å². The summed E-state index contributed by atoms with van der Waals surface area (Å²) in [6, 6.07) is 0. The molecule has 3 aliphatic rings. The maximum atomic E-state index is 11.3. The molecule has 2 fully saturated rings. The minimum Gasteiger partial charge on any atom is -0.481 e. The summed E-state index contributed by atoms with van der Waals surface area (Å²) in [6.07, 6.45) is 8.30. The maximum absolute atomic E-state index is 11.3. The van der Waals surface area contributed by atoms with Crippen LogP contribution in [0.5, 0.6) is 0 Å². The molecule has 3 aliphatic carbocycles. The molecule has 2 N–H and O–H groups in total. The Bertz CT molecular complexity index is 536. The number of hydrogen-bond donors (Lipinski definition) is 2. The fourth-order valence-electron chi connectivity index (χ4n) is 3.71. The molecule has 0 saturated heterocycles. The third kappa shape index (κ3) is 2.80. The first kappa shape index (κ1) is 13.6. The Labute approximate surface area is 129 Å². The van der Waals surface area contributed by atoms with Crippen molar-refractivity contribution in [1.82, 2.24) is 4.98 Å². The fraction of sp³-hybridized carbons (Fsp3) is 0.750. The van der Waals surface area contributed by atoms with E-state index in [-0.39, 0.29) is 5.92 Å². The Balaban J connectivity index is 1.45. The predicted octanol–water partition coefficient (Wildman–Crippen LogP) is 3.50. The zero-order valence-corrected chi connectivity index (χ0v) is 13.0. The SMILES string of the molecule is O=C(O)C1CCCc2sc(NCC(C3CC3)C3CC3)nc21. The fourth-order valence-corrected chi connectivity index (χ4v) is 4.78. The molecule has 1 heterocycles. The lowest BCUT2D eigenvalue weighted by atomic mass is 9.91. The van der Waals surface area contributed by atoms with E-state index in [1.54, 1.807) is 11.3 Å². The van der Waals surface area contributed by atoms with Crippen LogP contribution in [0.2, 0.25) is 0 Å². The highest BCUT2D eigenvalue weighted by atomic mass is 32.1. The lowest BCUT2D eigenvalue weighted by molar-refractivity contribution is -0.139. The number of carboxylic acids is 1. The highest BCUT2D eigenvalue weighted by Crippen LogP contribution is 2.49. The van der Waals surface area contributed by atoms with Gasteiger partial charge >= 0.3 is 5.97 Å². The van der Waals surface area contributed by atoms with Crippen LogP contribution in [0.3, 0.4) is 0 Å². The Morgan fingerprint density at radius 1 is 1.29 bits per heavy atom. The Morgan fingerprint density at radius 3 is 2.62 bits per heavy atom. The average molecular weight is 306 g/mol. The summed E-state index contributed by atoms with van der Waals surface area (Å²) in [4.78, 5) is 17.1. The highest BCUT2D eigenvalue weighted by molar-refractivity contribution is 7.15. The molecule has 2 saturated carbocycles. The van der Waals surface area contributed by atoms with E-state index in [1.807, 2.05) is 0 Å². The van der Waals surface area contributed by atoms with Gasteiger partial charge in [-0.15, -0.1) is 11.3 Å². The van der Waals surface area contributed by atoms with Gasteiger partial charge in [-0.1, -0.05) is 0 Å². The average Bonchev–Trinajstić information content (AvgIpc) is 3.36. The van der Waals surface area contributed by atoms with Crippen LogP contribution in [0.15, 0.2) is 0 Å². The van der Waals surface area contributed by atoms with Crippen LogP contribution in [-0.4, -0.2) is 22.6 Å². The van der Waals surface area contributed by atoms with Crippen molar-refractivity contribution < 1.29 is 9.90 Å². The number of aryl methyl sites for hydroxylation is 1. The van der Waals surface area contributed by atoms with E-state index in [2.05, 4.69) is 10.3 Å². The van der Waals surface area contributed by atoms with Crippen molar-refractivity contribution >= 4 is 22.4 Å². The number of anilines is 1. The molecule has 1 aromatic heterocycles. The molecule has 0 spiro atoms. The van der Waals surface area contributed by atoms with E-state index >= 15 is 0 Å². The number of hydrogen-bond acceptors (Lipinski definition) is 4. The van der Waals surface area contributed by atoms with Gasteiger partial charge in [0.25, 0.3) is 0 Å². The van der Waals surface area contributed by atoms with Crippen molar-refractivity contribution in [2.45, 2.75) is 50.9 Å². The molecule has 21 heavy (non-hydrogen) atoms. The number of aromatic nitrogens is 1. The molecule has 4 nitrogen and oxygen atoms in total. The second-order valence-electron chi connectivity index (χ2n) is 6.83. The Hall–Kier alpha value is -1.10. The molecule has 0 aromatic carbocycles. The first-order valence-electron chi connectivity index (χ1n) is 8.18. The van der Waals surface area contributed by atoms with Gasteiger partial charge < -0.3 is 10.4 Å². The molecule has 1 aromatic rings. The number of carboxylic acid groups (broad SMARTS) is 1. The molecule has 0 radical (unpaired) electrons. The van der Waals surface area contributed by atoms with Gasteiger partial charge in [0.15, 0.2) is 5.13 Å². The number of thiazole rings is 1. The topological polar surface area (TPSA) is 62.2 Å². The molecular weight excluding hydrogens is 284 g/mol. The van der Waals surface area contributed by atoms with Gasteiger partial charge in [-0.05, 0) is 62.7 Å². The minimum atomic E-state index is -0.721. The summed E-state index contributed by atoms with van der Waals surface area (Å²) >= 11 is 1.68. The predicted molar refractivity (Wildman–Crippen MR) is 82.9 cm³/mol. The normalized spacial score (nSPS) is 24.9. The number of carbonyl (C=O) groups is 1. The Kier molecular flexibility index (Phi) is 3.40. The van der Waals surface area contributed by atoms with Crippen LogP contribution in [0.25, 0.3) is 0 Å². The quantitative estimate of drug-likeness (QED) is 0.844. The molecule has 5 heteroatoms. The number of aliphatic carboxylic acids is 1. The van der Waals surface area contributed by atoms with Gasteiger partial charge in [0, 0.05) is 11.4 Å². The highest BCUT2D eigenvalue weighted by Gasteiger charge is 2.41. The van der Waals surface area contributed by atoms with E-state index in [9.17, 15) is 9.90 Å². The molecule has 1 unspecified atom stereocenters. The molecular formula is C16H22N2O2S. The summed E-state index contributed by atoms with van der Waals surface area (Å²) in [7, 11) is 0. The van der Waals surface area contributed by atoms with Gasteiger partial charge in [0.1, 0.15) is 5.92 Å². The van der Waals surface area contributed by atoms with E-state index in [1.165, 1.54) is 30.6 Å². The smallest absolute Gasteiger partial charge is 0.312 e. The van der Waals surface area contributed by atoms with Gasteiger partial charge in [-0.25, -0.2) is 4.98 Å². The Morgan fingerprint density at radius 2 is 2.00 bits per heavy atom. The largest absolute Gasteiger partial charge is 0.481 e. The van der Waals surface area contributed by atoms with Crippen LogP contribution >= 0.6 is 11.3 Å². The third-order valence-corrected chi connectivity index (χ3v) is 6.29. The summed E-state index contributed by atoms with van der Waals surface area (Å²) in [5.41, 5.74) is 0.829. The third-order valence-electron chi connectivity index (χ3n) is 5.20. The number of nitrogens with one attached hydrogen (secondary N) is 1. The van der Waals surface area contributed by atoms with Crippen LogP contribution < -0.4 is 5.32 Å². The molecule has 1 atom stereocenters. The van der Waals surface area contributed by atoms with Crippen LogP contribution in [-0.2, 0) is 11.2 Å². The molecule has 0 bridgehead atoms. The monoisotopic (exact) mass is 306 g/mol. The first-order chi connectivity index (χ1) is 10.2. The van der Waals surface area contributed by atoms with E-state index in [4.69, 9.17) is 0 Å². The number of rotatable bonds is 6. The molecule has 0 aliphatic heterocycles. The van der Waals surface area contributed by atoms with Gasteiger partial charge in [-0.3, -0.25) is 4.79 Å². The molecule has 0 amide bonds. The van der Waals surface area contributed by atoms with Crippen molar-refractivity contribution in [3.63, 3.8) is 0 Å². The van der Waals surface area contributed by atoms with Gasteiger partial charge in [0.2, 0.25) is 0 Å². The van der Waals surface area contributed by atoms with Crippen molar-refractivity contribution in [3.8, 4) is 0 Å². The summed E-state index contributed by atoms with van der Waals surface area (Å²) in [5.74, 6) is 1.59. The van der Waals surface area contributed by atoms with Crippen molar-refractivity contribution in [2.75, 3.05) is 11.9 Å². The minimum absolute atomic E-state index is 0.386. The maximum Gasteiger partial charge on any atom is 0.312 e. The second kappa shape index (κ2) is 5.27. The van der Waals surface area contributed by atoms with E-state index in [0.717, 1.165) is 54.4 Å². The van der Waals surface area contributed by atoms with E-state index < -0.39 is 5.97 Å². The second-order valence-corrected chi connectivity index (χ2v) is 7.91. The van der Waals surface area contributed by atoms with Gasteiger partial charge in [0.05, 0.1) is 5.69 Å². The summed E-state index contributed by atoms with van der Waals surface area (Å²) < 4.78 is 0. The molecule has 114 valence electrons. The van der Waals surface area contributed by atoms with Crippen molar-refractivity contribution in [3.05, 3.63) is 10.6 Å². The zero-order valence-electron chi connectivity index (χ0n) is 12.2. The van der Waals surface area contributed by atoms with Crippen LogP contribution in [0.4, 0.5) is 5.13 Å². The van der Waals surface area contributed by atoms with Crippen molar-refractivity contribution in [2.24, 2.45) is 17.8 Å². The summed E-state index contributed by atoms with van der Waals surface area (Å²) in [5, 5.41) is 13.8. The van der Waals surface area contributed by atoms with E-state index in [0.29, 0.717) is 0 Å².